The molecule has 19 heavy (non-hydrogen) atoms. The molecule has 7 heteroatoms. The van der Waals surface area contributed by atoms with Crippen molar-refractivity contribution in [3.63, 3.8) is 0 Å². The molecule has 0 bridgehead atoms. The Kier molecular flexibility index (Phi) is 6.27. The van der Waals surface area contributed by atoms with Crippen molar-refractivity contribution in [1.82, 2.24) is 15.0 Å². The van der Waals surface area contributed by atoms with Gasteiger partial charge in [0.1, 0.15) is 0 Å². The summed E-state index contributed by atoms with van der Waals surface area (Å²) in [5.74, 6) is 0.998. The molecular weight excluding hydrogens is 246 g/mol. The number of hydrogen-bond donors (Lipinski definition) is 2. The maximum Gasteiger partial charge on any atom is 0.323 e. The molecule has 0 aliphatic rings. The maximum absolute atomic E-state index is 9.13. The van der Waals surface area contributed by atoms with Crippen molar-refractivity contribution in [2.45, 2.75) is 33.7 Å². The van der Waals surface area contributed by atoms with Crippen molar-refractivity contribution in [3.05, 3.63) is 0 Å². The topological polar surface area (TPSA) is 83.4 Å². The molecule has 0 aliphatic heterocycles. The van der Waals surface area contributed by atoms with E-state index in [1.54, 1.807) is 0 Å². The summed E-state index contributed by atoms with van der Waals surface area (Å²) in [6.07, 6.45) is 0. The molecule has 0 saturated carbocycles. The molecule has 1 aromatic heterocycles. The first kappa shape index (κ1) is 15.4. The molecule has 0 aliphatic carbocycles. The summed E-state index contributed by atoms with van der Waals surface area (Å²) in [6, 6.07) is 0.477. The van der Waals surface area contributed by atoms with Gasteiger partial charge in [0.05, 0.1) is 13.2 Å². The number of aromatic nitrogens is 3. The van der Waals surface area contributed by atoms with Crippen molar-refractivity contribution in [2.75, 3.05) is 36.5 Å². The monoisotopic (exact) mass is 269 g/mol. The first-order chi connectivity index (χ1) is 9.12. The summed E-state index contributed by atoms with van der Waals surface area (Å²) >= 11 is 0. The predicted octanol–water partition coefficient (Wildman–Crippen LogP) is 0.909. The summed E-state index contributed by atoms with van der Waals surface area (Å²) in [4.78, 5) is 14.7. The van der Waals surface area contributed by atoms with Crippen LogP contribution in [-0.2, 0) is 0 Å². The van der Waals surface area contributed by atoms with E-state index < -0.39 is 0 Å². The number of anilines is 2. The van der Waals surface area contributed by atoms with Crippen LogP contribution in [0.1, 0.15) is 27.7 Å². The minimum atomic E-state index is 0.0460. The van der Waals surface area contributed by atoms with Gasteiger partial charge >= 0.3 is 6.01 Å². The molecule has 0 saturated heterocycles. The molecule has 2 N–H and O–H groups in total. The Balaban J connectivity index is 3.08. The lowest BCUT2D eigenvalue weighted by Crippen LogP contribution is -2.35. The fourth-order valence-corrected chi connectivity index (χ4v) is 1.60. The Bertz CT molecular complexity index is 362. The van der Waals surface area contributed by atoms with Crippen molar-refractivity contribution in [2.24, 2.45) is 0 Å². The fraction of sp³-hybridized carbons (Fsp3) is 0.750. The van der Waals surface area contributed by atoms with Gasteiger partial charge in [0.2, 0.25) is 11.9 Å². The zero-order chi connectivity index (χ0) is 14.3. The fourth-order valence-electron chi connectivity index (χ4n) is 1.60. The minimum absolute atomic E-state index is 0.0460. The molecule has 108 valence electrons. The van der Waals surface area contributed by atoms with Crippen molar-refractivity contribution >= 4 is 11.9 Å². The van der Waals surface area contributed by atoms with Crippen LogP contribution in [0, 0.1) is 0 Å². The smallest absolute Gasteiger partial charge is 0.323 e. The van der Waals surface area contributed by atoms with Crippen LogP contribution in [-0.4, -0.2) is 52.4 Å². The zero-order valence-electron chi connectivity index (χ0n) is 12.1. The first-order valence-corrected chi connectivity index (χ1v) is 6.62. The minimum Gasteiger partial charge on any atom is -0.464 e. The van der Waals surface area contributed by atoms with Gasteiger partial charge in [-0.25, -0.2) is 0 Å². The van der Waals surface area contributed by atoms with E-state index in [-0.39, 0.29) is 12.6 Å². The number of aliphatic hydroxyl groups excluding tert-OH is 1. The lowest BCUT2D eigenvalue weighted by Gasteiger charge is -2.26. The number of nitrogens with one attached hydrogen (secondary N) is 1. The molecule has 0 fully saturated rings. The Labute approximate surface area is 114 Å². The molecule has 0 atom stereocenters. The van der Waals surface area contributed by atoms with Gasteiger partial charge < -0.3 is 20.1 Å². The van der Waals surface area contributed by atoms with Gasteiger partial charge in [-0.3, -0.25) is 0 Å². The average molecular weight is 269 g/mol. The molecular formula is C12H23N5O2. The number of ether oxygens (including phenoxy) is 1. The Morgan fingerprint density at radius 2 is 2.00 bits per heavy atom. The second-order valence-corrected chi connectivity index (χ2v) is 4.22. The third-order valence-corrected chi connectivity index (χ3v) is 2.43. The van der Waals surface area contributed by atoms with E-state index in [1.807, 2.05) is 32.6 Å². The van der Waals surface area contributed by atoms with Gasteiger partial charge in [-0.05, 0) is 27.7 Å². The van der Waals surface area contributed by atoms with Crippen molar-refractivity contribution in [1.29, 1.82) is 0 Å². The van der Waals surface area contributed by atoms with Crippen LogP contribution in [0.5, 0.6) is 6.01 Å². The normalized spacial score (nSPS) is 10.6. The van der Waals surface area contributed by atoms with Gasteiger partial charge in [0, 0.05) is 19.1 Å². The Morgan fingerprint density at radius 1 is 1.26 bits per heavy atom. The Morgan fingerprint density at radius 3 is 2.53 bits per heavy atom. The Hall–Kier alpha value is -1.63. The summed E-state index contributed by atoms with van der Waals surface area (Å²) in [6.45, 7) is 9.62. The molecule has 1 heterocycles. The third kappa shape index (κ3) is 4.51. The largest absolute Gasteiger partial charge is 0.464 e. The van der Waals surface area contributed by atoms with Crippen molar-refractivity contribution < 1.29 is 9.84 Å². The van der Waals surface area contributed by atoms with E-state index in [0.717, 1.165) is 6.54 Å². The number of hydrogen-bond acceptors (Lipinski definition) is 7. The molecule has 0 aromatic carbocycles. The summed E-state index contributed by atoms with van der Waals surface area (Å²) in [7, 11) is 0. The van der Waals surface area contributed by atoms with Gasteiger partial charge in [-0.15, -0.1) is 0 Å². The number of nitrogens with zero attached hydrogens (tertiary/aromatic N) is 4. The van der Waals surface area contributed by atoms with Crippen LogP contribution in [0.25, 0.3) is 0 Å². The predicted molar refractivity (Wildman–Crippen MR) is 74.7 cm³/mol. The highest BCUT2D eigenvalue weighted by Gasteiger charge is 2.16. The van der Waals surface area contributed by atoms with Crippen LogP contribution in [0.4, 0.5) is 11.9 Å². The van der Waals surface area contributed by atoms with Crippen LogP contribution in [0.15, 0.2) is 0 Å². The van der Waals surface area contributed by atoms with Gasteiger partial charge in [0.15, 0.2) is 0 Å². The maximum atomic E-state index is 9.13. The van der Waals surface area contributed by atoms with Crippen LogP contribution in [0.3, 0.4) is 0 Å². The summed E-state index contributed by atoms with van der Waals surface area (Å²) < 4.78 is 5.35. The third-order valence-electron chi connectivity index (χ3n) is 2.43. The second kappa shape index (κ2) is 7.73. The molecule has 1 aromatic rings. The first-order valence-electron chi connectivity index (χ1n) is 6.62. The van der Waals surface area contributed by atoms with E-state index in [4.69, 9.17) is 9.84 Å². The summed E-state index contributed by atoms with van der Waals surface area (Å²) in [5, 5.41) is 12.2. The average Bonchev–Trinajstić information content (AvgIpc) is 2.36. The van der Waals surface area contributed by atoms with Crippen LogP contribution >= 0.6 is 0 Å². The molecule has 0 amide bonds. The van der Waals surface area contributed by atoms with E-state index in [9.17, 15) is 0 Å². The van der Waals surface area contributed by atoms with Crippen LogP contribution in [0.2, 0.25) is 0 Å². The molecule has 7 nitrogen and oxygen atoms in total. The SMILES string of the molecule is CCNc1nc(OCC)nc(N(CCO)C(C)C)n1. The molecule has 0 spiro atoms. The second-order valence-electron chi connectivity index (χ2n) is 4.22. The lowest BCUT2D eigenvalue weighted by molar-refractivity contribution is 0.295. The highest BCUT2D eigenvalue weighted by Crippen LogP contribution is 2.16. The quantitative estimate of drug-likeness (QED) is 0.725. The van der Waals surface area contributed by atoms with Crippen molar-refractivity contribution in [3.8, 4) is 6.01 Å². The van der Waals surface area contributed by atoms with E-state index in [0.29, 0.717) is 31.1 Å². The number of rotatable bonds is 8. The van der Waals surface area contributed by atoms with E-state index >= 15 is 0 Å². The highest BCUT2D eigenvalue weighted by atomic mass is 16.5. The van der Waals surface area contributed by atoms with Crippen LogP contribution < -0.4 is 15.0 Å². The molecule has 1 rings (SSSR count). The van der Waals surface area contributed by atoms with E-state index in [2.05, 4.69) is 20.3 Å². The molecule has 0 unspecified atom stereocenters. The summed E-state index contributed by atoms with van der Waals surface area (Å²) in [5.41, 5.74) is 0. The van der Waals surface area contributed by atoms with E-state index in [1.165, 1.54) is 0 Å². The number of aliphatic hydroxyl groups is 1. The lowest BCUT2D eigenvalue weighted by atomic mass is 10.3. The zero-order valence-corrected chi connectivity index (χ0v) is 12.1. The molecule has 0 radical (unpaired) electrons. The van der Waals surface area contributed by atoms with Gasteiger partial charge in [-0.1, -0.05) is 0 Å². The standard InChI is InChI=1S/C12H23N5O2/c1-5-13-10-14-11(16-12(15-10)19-6-2)17(7-8-18)9(3)4/h9,18H,5-8H2,1-4H3,(H,13,14,15,16). The highest BCUT2D eigenvalue weighted by molar-refractivity contribution is 5.39. The van der Waals surface area contributed by atoms with Gasteiger partial charge in [-0.2, -0.15) is 15.0 Å². The van der Waals surface area contributed by atoms with Gasteiger partial charge in [0.25, 0.3) is 0 Å².